The summed E-state index contributed by atoms with van der Waals surface area (Å²) in [4.78, 5) is 4.71. The first-order valence-electron chi connectivity index (χ1n) is 6.01. The monoisotopic (exact) mass is 297 g/mol. The van der Waals surface area contributed by atoms with E-state index in [1.807, 2.05) is 12.1 Å². The predicted octanol–water partition coefficient (Wildman–Crippen LogP) is 2.42. The van der Waals surface area contributed by atoms with E-state index in [1.54, 1.807) is 0 Å². The SMILES string of the molecule is CN1CCC(CN(C)c2ccc(N)cc2Br)C1. The van der Waals surface area contributed by atoms with Gasteiger partial charge in [-0.2, -0.15) is 0 Å². The minimum atomic E-state index is 0.773. The first-order chi connectivity index (χ1) is 8.06. The maximum atomic E-state index is 5.75. The van der Waals surface area contributed by atoms with Gasteiger partial charge in [0.15, 0.2) is 0 Å². The van der Waals surface area contributed by atoms with Gasteiger partial charge in [0.2, 0.25) is 0 Å². The molecule has 0 radical (unpaired) electrons. The number of benzene rings is 1. The number of nitrogen functional groups attached to an aromatic ring is 1. The Morgan fingerprint density at radius 3 is 2.88 bits per heavy atom. The number of hydrogen-bond acceptors (Lipinski definition) is 3. The smallest absolute Gasteiger partial charge is 0.0509 e. The first-order valence-corrected chi connectivity index (χ1v) is 6.80. The highest BCUT2D eigenvalue weighted by Crippen LogP contribution is 2.28. The second kappa shape index (κ2) is 5.27. The Morgan fingerprint density at radius 2 is 2.29 bits per heavy atom. The van der Waals surface area contributed by atoms with Crippen LogP contribution < -0.4 is 10.6 Å². The van der Waals surface area contributed by atoms with Crippen LogP contribution in [0.4, 0.5) is 11.4 Å². The maximum Gasteiger partial charge on any atom is 0.0509 e. The van der Waals surface area contributed by atoms with Crippen molar-refractivity contribution in [2.45, 2.75) is 6.42 Å². The molecule has 2 rings (SSSR count). The van der Waals surface area contributed by atoms with Crippen molar-refractivity contribution in [2.24, 2.45) is 5.92 Å². The number of likely N-dealkylation sites (tertiary alicyclic amines) is 1. The van der Waals surface area contributed by atoms with Crippen LogP contribution in [-0.4, -0.2) is 38.6 Å². The Hall–Kier alpha value is -0.740. The van der Waals surface area contributed by atoms with Crippen LogP contribution in [0.5, 0.6) is 0 Å². The molecule has 0 spiro atoms. The Morgan fingerprint density at radius 1 is 1.53 bits per heavy atom. The lowest BCUT2D eigenvalue weighted by molar-refractivity contribution is 0.396. The van der Waals surface area contributed by atoms with Gasteiger partial charge in [0.05, 0.1) is 5.69 Å². The van der Waals surface area contributed by atoms with Crippen LogP contribution in [0.3, 0.4) is 0 Å². The predicted molar refractivity (Wildman–Crippen MR) is 77.4 cm³/mol. The number of halogens is 1. The van der Waals surface area contributed by atoms with E-state index >= 15 is 0 Å². The molecular formula is C13H20BrN3. The largest absolute Gasteiger partial charge is 0.399 e. The number of nitrogens with zero attached hydrogens (tertiary/aromatic N) is 2. The average molecular weight is 298 g/mol. The third-order valence-electron chi connectivity index (χ3n) is 3.40. The van der Waals surface area contributed by atoms with E-state index in [-0.39, 0.29) is 0 Å². The third-order valence-corrected chi connectivity index (χ3v) is 4.04. The molecular weight excluding hydrogens is 278 g/mol. The summed E-state index contributed by atoms with van der Waals surface area (Å²) in [7, 11) is 4.34. The number of rotatable bonds is 3. The van der Waals surface area contributed by atoms with Gasteiger partial charge in [-0.25, -0.2) is 0 Å². The van der Waals surface area contributed by atoms with Crippen molar-refractivity contribution in [1.82, 2.24) is 4.90 Å². The van der Waals surface area contributed by atoms with Gasteiger partial charge in [-0.05, 0) is 60.1 Å². The molecule has 1 aromatic carbocycles. The minimum absolute atomic E-state index is 0.773. The fourth-order valence-corrected chi connectivity index (χ4v) is 3.19. The molecule has 2 N–H and O–H groups in total. The molecule has 0 saturated carbocycles. The molecule has 1 atom stereocenters. The van der Waals surface area contributed by atoms with Gasteiger partial charge >= 0.3 is 0 Å². The summed E-state index contributed by atoms with van der Waals surface area (Å²) < 4.78 is 1.08. The lowest BCUT2D eigenvalue weighted by Gasteiger charge is -2.24. The zero-order chi connectivity index (χ0) is 12.4. The van der Waals surface area contributed by atoms with Crippen molar-refractivity contribution >= 4 is 27.3 Å². The highest BCUT2D eigenvalue weighted by molar-refractivity contribution is 9.10. The van der Waals surface area contributed by atoms with E-state index in [0.29, 0.717) is 0 Å². The molecule has 0 aliphatic carbocycles. The quantitative estimate of drug-likeness (QED) is 0.870. The molecule has 1 heterocycles. The van der Waals surface area contributed by atoms with E-state index < -0.39 is 0 Å². The lowest BCUT2D eigenvalue weighted by atomic mass is 10.1. The Bertz CT molecular complexity index is 394. The number of hydrogen-bond donors (Lipinski definition) is 1. The molecule has 4 heteroatoms. The summed E-state index contributed by atoms with van der Waals surface area (Å²) in [5.74, 6) is 0.773. The summed E-state index contributed by atoms with van der Waals surface area (Å²) in [5.41, 5.74) is 7.77. The Kier molecular flexibility index (Phi) is 3.94. The highest BCUT2D eigenvalue weighted by atomic mass is 79.9. The normalized spacial score (nSPS) is 20.8. The second-order valence-corrected chi connectivity index (χ2v) is 5.86. The minimum Gasteiger partial charge on any atom is -0.399 e. The summed E-state index contributed by atoms with van der Waals surface area (Å²) >= 11 is 3.58. The lowest BCUT2D eigenvalue weighted by Crippen LogP contribution is -2.27. The van der Waals surface area contributed by atoms with Crippen molar-refractivity contribution in [3.05, 3.63) is 22.7 Å². The molecule has 1 unspecified atom stereocenters. The topological polar surface area (TPSA) is 32.5 Å². The van der Waals surface area contributed by atoms with E-state index in [2.05, 4.69) is 45.9 Å². The van der Waals surface area contributed by atoms with Crippen LogP contribution in [0.25, 0.3) is 0 Å². The van der Waals surface area contributed by atoms with Crippen LogP contribution in [0.15, 0.2) is 22.7 Å². The van der Waals surface area contributed by atoms with Crippen LogP contribution in [-0.2, 0) is 0 Å². The van der Waals surface area contributed by atoms with Crippen molar-refractivity contribution in [2.75, 3.05) is 44.4 Å². The average Bonchev–Trinajstić information content (AvgIpc) is 2.63. The molecule has 17 heavy (non-hydrogen) atoms. The van der Waals surface area contributed by atoms with E-state index in [4.69, 9.17) is 5.73 Å². The van der Waals surface area contributed by atoms with Gasteiger partial charge < -0.3 is 15.5 Å². The molecule has 1 aromatic rings. The van der Waals surface area contributed by atoms with Crippen LogP contribution >= 0.6 is 15.9 Å². The fraction of sp³-hybridized carbons (Fsp3) is 0.538. The standard InChI is InChI=1S/C13H20BrN3/c1-16-6-5-10(8-16)9-17(2)13-4-3-11(15)7-12(13)14/h3-4,7,10H,5-6,8-9,15H2,1-2H3. The van der Waals surface area contributed by atoms with Gasteiger partial charge in [-0.1, -0.05) is 0 Å². The van der Waals surface area contributed by atoms with E-state index in [9.17, 15) is 0 Å². The van der Waals surface area contributed by atoms with E-state index in [0.717, 1.165) is 22.6 Å². The number of anilines is 2. The van der Waals surface area contributed by atoms with Crippen molar-refractivity contribution in [3.63, 3.8) is 0 Å². The maximum absolute atomic E-state index is 5.75. The van der Waals surface area contributed by atoms with Crippen LogP contribution in [0.2, 0.25) is 0 Å². The number of nitrogens with two attached hydrogens (primary N) is 1. The van der Waals surface area contributed by atoms with Crippen molar-refractivity contribution in [1.29, 1.82) is 0 Å². The fourth-order valence-electron chi connectivity index (χ4n) is 2.49. The first kappa shape index (κ1) is 12.7. The van der Waals surface area contributed by atoms with Gasteiger partial charge in [0, 0.05) is 30.3 Å². The van der Waals surface area contributed by atoms with Crippen molar-refractivity contribution in [3.8, 4) is 0 Å². The van der Waals surface area contributed by atoms with Gasteiger partial charge in [0.1, 0.15) is 0 Å². The zero-order valence-corrected chi connectivity index (χ0v) is 12.1. The Labute approximate surface area is 112 Å². The van der Waals surface area contributed by atoms with Crippen LogP contribution in [0.1, 0.15) is 6.42 Å². The van der Waals surface area contributed by atoms with Gasteiger partial charge in [-0.3, -0.25) is 0 Å². The molecule has 1 aliphatic heterocycles. The highest BCUT2D eigenvalue weighted by Gasteiger charge is 2.21. The molecule has 1 fully saturated rings. The van der Waals surface area contributed by atoms with E-state index in [1.165, 1.54) is 25.2 Å². The summed E-state index contributed by atoms with van der Waals surface area (Å²) in [6, 6.07) is 6.00. The van der Waals surface area contributed by atoms with Crippen LogP contribution in [0, 0.1) is 5.92 Å². The summed E-state index contributed by atoms with van der Waals surface area (Å²) in [5, 5.41) is 0. The summed E-state index contributed by atoms with van der Waals surface area (Å²) in [6.45, 7) is 3.53. The molecule has 94 valence electrons. The molecule has 0 amide bonds. The van der Waals surface area contributed by atoms with Gasteiger partial charge in [-0.15, -0.1) is 0 Å². The molecule has 1 saturated heterocycles. The third kappa shape index (κ3) is 3.13. The summed E-state index contributed by atoms with van der Waals surface area (Å²) in [6.07, 6.45) is 1.30. The second-order valence-electron chi connectivity index (χ2n) is 5.01. The van der Waals surface area contributed by atoms with Gasteiger partial charge in [0.25, 0.3) is 0 Å². The Balaban J connectivity index is 2.01. The molecule has 3 nitrogen and oxygen atoms in total. The molecule has 1 aliphatic rings. The zero-order valence-electron chi connectivity index (χ0n) is 10.5. The molecule has 0 bridgehead atoms. The molecule has 0 aromatic heterocycles. The van der Waals surface area contributed by atoms with Crippen molar-refractivity contribution < 1.29 is 0 Å².